The fraction of sp³-hybridized carbons (Fsp3) is 0.882. The van der Waals surface area contributed by atoms with Gasteiger partial charge in [0.2, 0.25) is 11.8 Å². The maximum Gasteiger partial charge on any atom is 0.240 e. The largest absolute Gasteiger partial charge is 0.369 e. The van der Waals surface area contributed by atoms with E-state index in [0.29, 0.717) is 17.8 Å². The molecule has 2 rings (SSSR count). The van der Waals surface area contributed by atoms with Crippen LogP contribution < -0.4 is 15.8 Å². The second kappa shape index (κ2) is 6.63. The van der Waals surface area contributed by atoms with E-state index < -0.39 is 11.0 Å². The molecule has 132 valence electrons. The SMILES string of the molecule is CSNC(C)(C)C(=O)NC1C(C)CC2CC1CC(C)(C(N)=O)C2. The number of carbonyl (C=O) groups excluding carboxylic acids is 2. The number of nitrogens with one attached hydrogen (secondary N) is 2. The summed E-state index contributed by atoms with van der Waals surface area (Å²) in [7, 11) is 0. The molecule has 0 spiro atoms. The minimum absolute atomic E-state index is 0.0218. The molecule has 0 aromatic heterocycles. The molecule has 2 aliphatic rings. The van der Waals surface area contributed by atoms with Crippen LogP contribution in [0.3, 0.4) is 0 Å². The van der Waals surface area contributed by atoms with Crippen molar-refractivity contribution < 1.29 is 9.59 Å². The fourth-order valence-electron chi connectivity index (χ4n) is 4.58. The number of hydrogen-bond acceptors (Lipinski definition) is 4. The molecule has 2 amide bonds. The Balaban J connectivity index is 2.12. The van der Waals surface area contributed by atoms with Gasteiger partial charge in [-0.25, -0.2) is 4.72 Å². The molecule has 5 nitrogen and oxygen atoms in total. The Bertz CT molecular complexity index is 480. The molecule has 0 aromatic carbocycles. The summed E-state index contributed by atoms with van der Waals surface area (Å²) < 4.78 is 3.15. The number of hydrogen-bond donors (Lipinski definition) is 3. The van der Waals surface area contributed by atoms with Crippen LogP contribution in [0.2, 0.25) is 0 Å². The number of amides is 2. The first kappa shape index (κ1) is 18.6. The summed E-state index contributed by atoms with van der Waals surface area (Å²) in [6.07, 6.45) is 5.74. The molecule has 4 N–H and O–H groups in total. The Morgan fingerprint density at radius 3 is 2.48 bits per heavy atom. The van der Waals surface area contributed by atoms with Crippen molar-refractivity contribution in [2.45, 2.75) is 65.0 Å². The van der Waals surface area contributed by atoms with E-state index in [-0.39, 0.29) is 17.9 Å². The quantitative estimate of drug-likeness (QED) is 0.668. The van der Waals surface area contributed by atoms with Crippen LogP contribution in [-0.4, -0.2) is 29.7 Å². The molecule has 5 unspecified atom stereocenters. The van der Waals surface area contributed by atoms with Gasteiger partial charge in [-0.2, -0.15) is 0 Å². The minimum Gasteiger partial charge on any atom is -0.369 e. The highest BCUT2D eigenvalue weighted by Crippen LogP contribution is 2.50. The van der Waals surface area contributed by atoms with Crippen molar-refractivity contribution in [2.75, 3.05) is 6.26 Å². The van der Waals surface area contributed by atoms with Gasteiger partial charge in [-0.3, -0.25) is 9.59 Å². The lowest BCUT2D eigenvalue weighted by atomic mass is 9.57. The van der Waals surface area contributed by atoms with E-state index in [2.05, 4.69) is 17.0 Å². The van der Waals surface area contributed by atoms with E-state index in [1.54, 1.807) is 0 Å². The summed E-state index contributed by atoms with van der Waals surface area (Å²) in [6.45, 7) is 7.99. The molecule has 2 saturated carbocycles. The van der Waals surface area contributed by atoms with E-state index in [9.17, 15) is 9.59 Å². The van der Waals surface area contributed by atoms with Crippen molar-refractivity contribution in [3.05, 3.63) is 0 Å². The zero-order valence-corrected chi connectivity index (χ0v) is 15.8. The summed E-state index contributed by atoms with van der Waals surface area (Å²) in [4.78, 5) is 24.5. The summed E-state index contributed by atoms with van der Waals surface area (Å²) in [5.41, 5.74) is 4.62. The van der Waals surface area contributed by atoms with Gasteiger partial charge in [-0.1, -0.05) is 25.8 Å². The van der Waals surface area contributed by atoms with Crippen LogP contribution >= 0.6 is 11.9 Å². The maximum atomic E-state index is 12.6. The van der Waals surface area contributed by atoms with Crippen molar-refractivity contribution in [3.63, 3.8) is 0 Å². The first-order chi connectivity index (χ1) is 10.6. The van der Waals surface area contributed by atoms with Gasteiger partial charge >= 0.3 is 0 Å². The van der Waals surface area contributed by atoms with E-state index in [1.165, 1.54) is 11.9 Å². The highest BCUT2D eigenvalue weighted by Gasteiger charge is 2.49. The van der Waals surface area contributed by atoms with Crippen LogP contribution in [0.4, 0.5) is 0 Å². The van der Waals surface area contributed by atoms with E-state index in [1.807, 2.05) is 27.0 Å². The molecule has 0 heterocycles. The average Bonchev–Trinajstić information content (AvgIpc) is 2.42. The zero-order chi connectivity index (χ0) is 17.4. The molecule has 2 aliphatic carbocycles. The molecular weight excluding hydrogens is 310 g/mol. The third-order valence-electron chi connectivity index (χ3n) is 5.73. The molecule has 0 aromatic rings. The standard InChI is InChI=1S/C17H31N3O2S/c1-10-6-11-7-12(9-17(4,8-11)14(18)21)13(10)19-15(22)16(2,3)20-23-5/h10-13,20H,6-9H2,1-5H3,(H2,18,21)(H,19,22). The van der Waals surface area contributed by atoms with Crippen molar-refractivity contribution in [2.24, 2.45) is 28.9 Å². The van der Waals surface area contributed by atoms with Gasteiger partial charge in [0.05, 0.1) is 0 Å². The fourth-order valence-corrected chi connectivity index (χ4v) is 5.18. The van der Waals surface area contributed by atoms with Crippen molar-refractivity contribution >= 4 is 23.8 Å². The normalized spacial score (nSPS) is 37.3. The third-order valence-corrected chi connectivity index (χ3v) is 6.45. The Morgan fingerprint density at radius 2 is 1.91 bits per heavy atom. The average molecular weight is 342 g/mol. The van der Waals surface area contributed by atoms with E-state index >= 15 is 0 Å². The van der Waals surface area contributed by atoms with Gasteiger partial charge in [-0.15, -0.1) is 0 Å². The first-order valence-electron chi connectivity index (χ1n) is 8.50. The number of rotatable bonds is 5. The van der Waals surface area contributed by atoms with Gasteiger partial charge < -0.3 is 11.1 Å². The van der Waals surface area contributed by atoms with Gasteiger partial charge in [0.1, 0.15) is 5.54 Å². The van der Waals surface area contributed by atoms with Gasteiger partial charge in [-0.05, 0) is 63.5 Å². The Hall–Kier alpha value is -0.750. The summed E-state index contributed by atoms with van der Waals surface area (Å²) in [6, 6.07) is 0.126. The molecule has 0 saturated heterocycles. The topological polar surface area (TPSA) is 84.2 Å². The summed E-state index contributed by atoms with van der Waals surface area (Å²) in [5, 5.41) is 3.26. The second-order valence-corrected chi connectivity index (χ2v) is 8.95. The maximum absolute atomic E-state index is 12.6. The van der Waals surface area contributed by atoms with Crippen molar-refractivity contribution in [3.8, 4) is 0 Å². The second-order valence-electron chi connectivity index (χ2n) is 8.34. The Kier molecular flexibility index (Phi) is 5.36. The lowest BCUT2D eigenvalue weighted by molar-refractivity contribution is -0.134. The molecule has 0 aliphatic heterocycles. The number of primary amides is 1. The molecule has 6 heteroatoms. The molecule has 5 atom stereocenters. The number of nitrogens with two attached hydrogens (primary N) is 1. The predicted octanol–water partition coefficient (Wildman–Crippen LogP) is 2.07. The Morgan fingerprint density at radius 1 is 1.26 bits per heavy atom. The first-order valence-corrected chi connectivity index (χ1v) is 9.72. The molecule has 23 heavy (non-hydrogen) atoms. The van der Waals surface area contributed by atoms with Crippen LogP contribution in [0.25, 0.3) is 0 Å². The van der Waals surface area contributed by atoms with E-state index in [4.69, 9.17) is 5.73 Å². The lowest BCUT2D eigenvalue weighted by Crippen LogP contribution is -2.59. The van der Waals surface area contributed by atoms with Gasteiger partial charge in [0.25, 0.3) is 0 Å². The van der Waals surface area contributed by atoms with Crippen LogP contribution in [0.1, 0.15) is 53.4 Å². The third kappa shape index (κ3) is 3.85. The predicted molar refractivity (Wildman–Crippen MR) is 94.6 cm³/mol. The van der Waals surface area contributed by atoms with Crippen molar-refractivity contribution in [1.29, 1.82) is 0 Å². The van der Waals surface area contributed by atoms with Crippen LogP contribution in [0.5, 0.6) is 0 Å². The summed E-state index contributed by atoms with van der Waals surface area (Å²) >= 11 is 1.45. The van der Waals surface area contributed by atoms with Gasteiger partial charge in [0.15, 0.2) is 0 Å². The monoisotopic (exact) mass is 341 g/mol. The Labute approximate surface area is 144 Å². The highest BCUT2D eigenvalue weighted by atomic mass is 32.2. The molecule has 2 bridgehead atoms. The smallest absolute Gasteiger partial charge is 0.240 e. The number of fused-ring (bicyclic) bond motifs is 2. The molecule has 2 fully saturated rings. The van der Waals surface area contributed by atoms with E-state index in [0.717, 1.165) is 25.7 Å². The highest BCUT2D eigenvalue weighted by molar-refractivity contribution is 7.96. The van der Waals surface area contributed by atoms with Crippen LogP contribution in [-0.2, 0) is 9.59 Å². The van der Waals surface area contributed by atoms with Crippen LogP contribution in [0.15, 0.2) is 0 Å². The lowest BCUT2D eigenvalue weighted by Gasteiger charge is -2.50. The molecular formula is C17H31N3O2S. The van der Waals surface area contributed by atoms with Crippen molar-refractivity contribution in [1.82, 2.24) is 10.0 Å². The number of carbonyl (C=O) groups is 2. The molecule has 0 radical (unpaired) electrons. The zero-order valence-electron chi connectivity index (χ0n) is 14.9. The minimum atomic E-state index is -0.613. The summed E-state index contributed by atoms with van der Waals surface area (Å²) in [5.74, 6) is 1.14. The van der Waals surface area contributed by atoms with Gasteiger partial charge in [0, 0.05) is 11.5 Å². The van der Waals surface area contributed by atoms with Crippen LogP contribution in [0, 0.1) is 23.2 Å².